The number of carbonyl (C=O) groups is 1. The van der Waals surface area contributed by atoms with Gasteiger partial charge in [-0.25, -0.2) is 9.78 Å². The van der Waals surface area contributed by atoms with Gasteiger partial charge < -0.3 is 14.7 Å². The summed E-state index contributed by atoms with van der Waals surface area (Å²) in [5.74, 6) is -0.110. The standard InChI is InChI=1S/C13H20N2O3S/c1-13(2,3)18-12(17)15-6-4-10(16)9(8-15)11-14-5-7-19-11/h5,7,9-10,16H,4,6,8H2,1-3H3/t9-,10-/m1/s1. The Labute approximate surface area is 117 Å². The van der Waals surface area contributed by atoms with Crippen LogP contribution in [-0.2, 0) is 4.74 Å². The topological polar surface area (TPSA) is 62.7 Å². The summed E-state index contributed by atoms with van der Waals surface area (Å²) in [6, 6.07) is 0. The summed E-state index contributed by atoms with van der Waals surface area (Å²) in [6.45, 7) is 6.54. The largest absolute Gasteiger partial charge is 0.444 e. The molecule has 1 aliphatic rings. The lowest BCUT2D eigenvalue weighted by Crippen LogP contribution is -2.46. The van der Waals surface area contributed by atoms with Crippen molar-refractivity contribution in [3.63, 3.8) is 0 Å². The minimum Gasteiger partial charge on any atom is -0.444 e. The molecule has 106 valence electrons. The van der Waals surface area contributed by atoms with E-state index in [9.17, 15) is 9.90 Å². The molecular weight excluding hydrogens is 264 g/mol. The molecule has 1 aliphatic heterocycles. The van der Waals surface area contributed by atoms with E-state index >= 15 is 0 Å². The highest BCUT2D eigenvalue weighted by Gasteiger charge is 2.34. The molecule has 1 amide bonds. The van der Waals surface area contributed by atoms with Crippen molar-refractivity contribution in [2.45, 2.75) is 44.8 Å². The van der Waals surface area contributed by atoms with E-state index in [0.29, 0.717) is 19.5 Å². The maximum absolute atomic E-state index is 12.0. The fourth-order valence-electron chi connectivity index (χ4n) is 2.09. The van der Waals surface area contributed by atoms with Crippen LogP contribution in [0.1, 0.15) is 38.1 Å². The Morgan fingerprint density at radius 3 is 2.89 bits per heavy atom. The van der Waals surface area contributed by atoms with Crippen molar-refractivity contribution >= 4 is 17.4 Å². The van der Waals surface area contributed by atoms with E-state index in [1.54, 1.807) is 11.1 Å². The van der Waals surface area contributed by atoms with Gasteiger partial charge in [0.15, 0.2) is 0 Å². The van der Waals surface area contributed by atoms with E-state index in [2.05, 4.69) is 4.98 Å². The second-order valence-electron chi connectivity index (χ2n) is 5.76. The first-order valence-corrected chi connectivity index (χ1v) is 7.30. The SMILES string of the molecule is CC(C)(C)OC(=O)N1CC[C@@H](O)[C@H](c2nccs2)C1. The van der Waals surface area contributed by atoms with Crippen molar-refractivity contribution in [1.29, 1.82) is 0 Å². The molecule has 6 heteroatoms. The van der Waals surface area contributed by atoms with Crippen LogP contribution < -0.4 is 0 Å². The van der Waals surface area contributed by atoms with Crippen LogP contribution >= 0.6 is 11.3 Å². The zero-order valence-corrected chi connectivity index (χ0v) is 12.3. The maximum Gasteiger partial charge on any atom is 0.410 e. The van der Waals surface area contributed by atoms with Crippen LogP contribution in [-0.4, -0.2) is 45.9 Å². The zero-order chi connectivity index (χ0) is 14.0. The molecule has 0 aliphatic carbocycles. The third-order valence-corrected chi connectivity index (χ3v) is 3.90. The van der Waals surface area contributed by atoms with Gasteiger partial charge in [0.1, 0.15) is 5.60 Å². The Balaban J connectivity index is 2.03. The van der Waals surface area contributed by atoms with Crippen molar-refractivity contribution in [1.82, 2.24) is 9.88 Å². The van der Waals surface area contributed by atoms with Gasteiger partial charge in [-0.2, -0.15) is 0 Å². The monoisotopic (exact) mass is 284 g/mol. The minimum absolute atomic E-state index is 0.110. The molecule has 5 nitrogen and oxygen atoms in total. The summed E-state index contributed by atoms with van der Waals surface area (Å²) in [5, 5.41) is 12.8. The molecule has 1 N–H and O–H groups in total. The number of hydrogen-bond acceptors (Lipinski definition) is 5. The third kappa shape index (κ3) is 3.67. The number of piperidine rings is 1. The summed E-state index contributed by atoms with van der Waals surface area (Å²) < 4.78 is 5.37. The van der Waals surface area contributed by atoms with Crippen LogP contribution in [0.3, 0.4) is 0 Å². The van der Waals surface area contributed by atoms with Crippen molar-refractivity contribution in [3.8, 4) is 0 Å². The molecular formula is C13H20N2O3S. The molecule has 0 radical (unpaired) electrons. The number of carbonyl (C=O) groups excluding carboxylic acids is 1. The quantitative estimate of drug-likeness (QED) is 0.859. The van der Waals surface area contributed by atoms with Crippen LogP contribution in [0.25, 0.3) is 0 Å². The van der Waals surface area contributed by atoms with Gasteiger partial charge in [-0.05, 0) is 27.2 Å². The molecule has 1 saturated heterocycles. The second-order valence-corrected chi connectivity index (χ2v) is 6.69. The van der Waals surface area contributed by atoms with Gasteiger partial charge in [0.25, 0.3) is 0 Å². The number of nitrogens with zero attached hydrogens (tertiary/aromatic N) is 2. The van der Waals surface area contributed by atoms with Crippen LogP contribution in [0, 0.1) is 0 Å². The van der Waals surface area contributed by atoms with E-state index < -0.39 is 11.7 Å². The number of ether oxygens (including phenoxy) is 1. The highest BCUT2D eigenvalue weighted by Crippen LogP contribution is 2.29. The van der Waals surface area contributed by atoms with E-state index in [4.69, 9.17) is 4.74 Å². The summed E-state index contributed by atoms with van der Waals surface area (Å²) in [7, 11) is 0. The summed E-state index contributed by atoms with van der Waals surface area (Å²) in [6.07, 6.45) is 1.52. The number of rotatable bonds is 1. The Bertz CT molecular complexity index is 428. The number of aliphatic hydroxyl groups is 1. The fourth-order valence-corrected chi connectivity index (χ4v) is 2.88. The second kappa shape index (κ2) is 5.46. The summed E-state index contributed by atoms with van der Waals surface area (Å²) in [4.78, 5) is 17.9. The predicted molar refractivity (Wildman–Crippen MR) is 73.3 cm³/mol. The third-order valence-electron chi connectivity index (χ3n) is 3.00. The molecule has 0 aromatic carbocycles. The van der Waals surface area contributed by atoms with Crippen LogP contribution in [0.5, 0.6) is 0 Å². The molecule has 1 aromatic rings. The molecule has 2 rings (SSSR count). The van der Waals surface area contributed by atoms with Crippen LogP contribution in [0.4, 0.5) is 4.79 Å². The van der Waals surface area contributed by atoms with Gasteiger partial charge >= 0.3 is 6.09 Å². The van der Waals surface area contributed by atoms with Gasteiger partial charge in [-0.15, -0.1) is 11.3 Å². The predicted octanol–water partition coefficient (Wildman–Crippen LogP) is 2.23. The lowest BCUT2D eigenvalue weighted by Gasteiger charge is -2.36. The minimum atomic E-state index is -0.496. The molecule has 0 bridgehead atoms. The van der Waals surface area contributed by atoms with Crippen molar-refractivity contribution in [2.75, 3.05) is 13.1 Å². The molecule has 2 atom stereocenters. The number of aliphatic hydroxyl groups excluding tert-OH is 1. The van der Waals surface area contributed by atoms with Crippen molar-refractivity contribution < 1.29 is 14.6 Å². The summed E-state index contributed by atoms with van der Waals surface area (Å²) in [5.41, 5.74) is -0.496. The Morgan fingerprint density at radius 2 is 2.32 bits per heavy atom. The molecule has 0 spiro atoms. The summed E-state index contributed by atoms with van der Waals surface area (Å²) >= 11 is 1.51. The Morgan fingerprint density at radius 1 is 1.58 bits per heavy atom. The van der Waals surface area contributed by atoms with Crippen LogP contribution in [0.15, 0.2) is 11.6 Å². The number of likely N-dealkylation sites (tertiary alicyclic amines) is 1. The smallest absolute Gasteiger partial charge is 0.410 e. The highest BCUT2D eigenvalue weighted by atomic mass is 32.1. The van der Waals surface area contributed by atoms with Gasteiger partial charge in [0.05, 0.1) is 17.0 Å². The first kappa shape index (κ1) is 14.3. The number of thiazole rings is 1. The molecule has 19 heavy (non-hydrogen) atoms. The molecule has 0 unspecified atom stereocenters. The van der Waals surface area contributed by atoms with E-state index in [-0.39, 0.29) is 12.0 Å². The lowest BCUT2D eigenvalue weighted by atomic mass is 9.95. The van der Waals surface area contributed by atoms with Gasteiger partial charge in [-0.3, -0.25) is 0 Å². The van der Waals surface area contributed by atoms with Gasteiger partial charge in [0.2, 0.25) is 0 Å². The molecule has 2 heterocycles. The van der Waals surface area contributed by atoms with E-state index in [0.717, 1.165) is 5.01 Å². The van der Waals surface area contributed by atoms with Crippen molar-refractivity contribution in [3.05, 3.63) is 16.6 Å². The van der Waals surface area contributed by atoms with Gasteiger partial charge in [0, 0.05) is 24.7 Å². The number of hydrogen-bond donors (Lipinski definition) is 1. The number of aromatic nitrogens is 1. The highest BCUT2D eigenvalue weighted by molar-refractivity contribution is 7.09. The van der Waals surface area contributed by atoms with Gasteiger partial charge in [-0.1, -0.05) is 0 Å². The normalized spacial score (nSPS) is 24.3. The first-order valence-electron chi connectivity index (χ1n) is 6.42. The van der Waals surface area contributed by atoms with Crippen LogP contribution in [0.2, 0.25) is 0 Å². The maximum atomic E-state index is 12.0. The lowest BCUT2D eigenvalue weighted by molar-refractivity contribution is 0.00406. The first-order chi connectivity index (χ1) is 8.87. The number of amides is 1. The average Bonchev–Trinajstić information content (AvgIpc) is 2.80. The fraction of sp³-hybridized carbons (Fsp3) is 0.692. The van der Waals surface area contributed by atoms with E-state index in [1.165, 1.54) is 11.3 Å². The molecule has 1 fully saturated rings. The Hall–Kier alpha value is -1.14. The van der Waals surface area contributed by atoms with E-state index in [1.807, 2.05) is 26.2 Å². The zero-order valence-electron chi connectivity index (χ0n) is 11.5. The molecule has 1 aromatic heterocycles. The Kier molecular flexibility index (Phi) is 4.10. The molecule has 0 saturated carbocycles. The van der Waals surface area contributed by atoms with Crippen molar-refractivity contribution in [2.24, 2.45) is 0 Å². The average molecular weight is 284 g/mol.